The van der Waals surface area contributed by atoms with Crippen LogP contribution < -0.4 is 5.32 Å². The maximum Gasteiger partial charge on any atom is 0.326 e. The van der Waals surface area contributed by atoms with Gasteiger partial charge >= 0.3 is 5.97 Å². The molecule has 0 radical (unpaired) electrons. The van der Waals surface area contributed by atoms with E-state index in [2.05, 4.69) is 10.4 Å². The molecular weight excluding hydrogens is 230 g/mol. The predicted octanol–water partition coefficient (Wildman–Crippen LogP) is 1.59. The Morgan fingerprint density at radius 1 is 1.50 bits per heavy atom. The Morgan fingerprint density at radius 3 is 2.83 bits per heavy atom. The summed E-state index contributed by atoms with van der Waals surface area (Å²) in [5.41, 5.74) is -0.583. The molecule has 5 heteroatoms. The number of aromatic nitrogens is 2. The van der Waals surface area contributed by atoms with Crippen LogP contribution in [0, 0.1) is 0 Å². The summed E-state index contributed by atoms with van der Waals surface area (Å²) in [6, 6.07) is 1.91. The molecule has 0 aromatic carbocycles. The van der Waals surface area contributed by atoms with Gasteiger partial charge in [0.1, 0.15) is 5.54 Å². The number of carbonyl (C=O) groups excluding carboxylic acids is 1. The van der Waals surface area contributed by atoms with Crippen LogP contribution in [-0.2, 0) is 16.1 Å². The second-order valence-corrected chi connectivity index (χ2v) is 4.53. The molecule has 1 heterocycles. The third-order valence-corrected chi connectivity index (χ3v) is 3.15. The molecule has 1 aromatic heterocycles. The largest absolute Gasteiger partial charge is 0.465 e. The molecule has 0 saturated heterocycles. The topological polar surface area (TPSA) is 56.2 Å². The van der Waals surface area contributed by atoms with E-state index in [1.807, 2.05) is 30.8 Å². The molecule has 0 aliphatic heterocycles. The number of likely N-dealkylation sites (N-methyl/N-ethyl adjacent to an activating group) is 1. The minimum absolute atomic E-state index is 0.174. The van der Waals surface area contributed by atoms with Crippen molar-refractivity contribution in [1.82, 2.24) is 15.1 Å². The highest BCUT2D eigenvalue weighted by atomic mass is 16.5. The molecule has 0 bridgehead atoms. The van der Waals surface area contributed by atoms with Gasteiger partial charge in [0, 0.05) is 18.9 Å². The molecule has 0 saturated carbocycles. The predicted molar refractivity (Wildman–Crippen MR) is 70.2 cm³/mol. The van der Waals surface area contributed by atoms with E-state index in [1.165, 1.54) is 0 Å². The van der Waals surface area contributed by atoms with Crippen LogP contribution in [0.5, 0.6) is 0 Å². The second kappa shape index (κ2) is 7.16. The zero-order valence-corrected chi connectivity index (χ0v) is 11.5. The molecule has 1 N–H and O–H groups in total. The van der Waals surface area contributed by atoms with Crippen LogP contribution in [0.25, 0.3) is 0 Å². The summed E-state index contributed by atoms with van der Waals surface area (Å²) in [4.78, 5) is 11.8. The lowest BCUT2D eigenvalue weighted by Gasteiger charge is -2.26. The van der Waals surface area contributed by atoms with Crippen LogP contribution in [0.2, 0.25) is 0 Å². The first-order chi connectivity index (χ1) is 8.62. The lowest BCUT2D eigenvalue weighted by atomic mass is 9.95. The van der Waals surface area contributed by atoms with Gasteiger partial charge in [-0.2, -0.15) is 5.10 Å². The van der Waals surface area contributed by atoms with Crippen LogP contribution in [0.4, 0.5) is 0 Å². The van der Waals surface area contributed by atoms with Gasteiger partial charge < -0.3 is 10.1 Å². The van der Waals surface area contributed by atoms with Crippen molar-refractivity contribution < 1.29 is 9.53 Å². The van der Waals surface area contributed by atoms with Gasteiger partial charge in [0.05, 0.1) is 6.61 Å². The number of rotatable bonds is 8. The molecule has 1 rings (SSSR count). The summed E-state index contributed by atoms with van der Waals surface area (Å²) in [6.07, 6.45) is 6.44. The third-order valence-electron chi connectivity index (χ3n) is 3.15. The molecular formula is C13H23N3O2. The molecule has 102 valence electrons. The number of hydrogen-bond acceptors (Lipinski definition) is 4. The van der Waals surface area contributed by atoms with E-state index in [9.17, 15) is 4.79 Å². The van der Waals surface area contributed by atoms with Gasteiger partial charge in [-0.3, -0.25) is 9.48 Å². The molecule has 18 heavy (non-hydrogen) atoms. The van der Waals surface area contributed by atoms with Gasteiger partial charge in [-0.1, -0.05) is 0 Å². The fourth-order valence-electron chi connectivity index (χ4n) is 1.80. The average molecular weight is 253 g/mol. The first-order valence-corrected chi connectivity index (χ1v) is 6.46. The highest BCUT2D eigenvalue weighted by molar-refractivity contribution is 5.80. The van der Waals surface area contributed by atoms with Crippen LogP contribution in [-0.4, -0.2) is 34.9 Å². The summed E-state index contributed by atoms with van der Waals surface area (Å²) in [5, 5.41) is 7.20. The van der Waals surface area contributed by atoms with Crippen LogP contribution >= 0.6 is 0 Å². The smallest absolute Gasteiger partial charge is 0.326 e. The molecule has 0 aliphatic rings. The van der Waals surface area contributed by atoms with E-state index in [4.69, 9.17) is 4.74 Å². The van der Waals surface area contributed by atoms with E-state index in [-0.39, 0.29) is 5.97 Å². The molecule has 0 amide bonds. The minimum Gasteiger partial charge on any atom is -0.465 e. The SMILES string of the molecule is CCOC(=O)C(C)(CCCCn1cccn1)NC. The highest BCUT2D eigenvalue weighted by Gasteiger charge is 2.32. The molecule has 0 fully saturated rings. The summed E-state index contributed by atoms with van der Waals surface area (Å²) >= 11 is 0. The number of ether oxygens (including phenoxy) is 1. The standard InChI is InChI=1S/C13H23N3O2/c1-4-18-12(17)13(2,14-3)8-5-6-10-16-11-7-9-15-16/h7,9,11,14H,4-6,8,10H2,1-3H3. The molecule has 5 nitrogen and oxygen atoms in total. The van der Waals surface area contributed by atoms with Crippen molar-refractivity contribution in [2.75, 3.05) is 13.7 Å². The van der Waals surface area contributed by atoms with E-state index < -0.39 is 5.54 Å². The second-order valence-electron chi connectivity index (χ2n) is 4.53. The minimum atomic E-state index is -0.583. The number of carbonyl (C=O) groups is 1. The lowest BCUT2D eigenvalue weighted by Crippen LogP contribution is -2.48. The number of hydrogen-bond donors (Lipinski definition) is 1. The van der Waals surface area contributed by atoms with E-state index >= 15 is 0 Å². The van der Waals surface area contributed by atoms with Crippen molar-refractivity contribution in [3.8, 4) is 0 Å². The van der Waals surface area contributed by atoms with E-state index in [0.717, 1.165) is 25.8 Å². The Hall–Kier alpha value is -1.36. The third kappa shape index (κ3) is 4.14. The van der Waals surface area contributed by atoms with Crippen LogP contribution in [0.3, 0.4) is 0 Å². The van der Waals surface area contributed by atoms with Crippen molar-refractivity contribution in [1.29, 1.82) is 0 Å². The summed E-state index contributed by atoms with van der Waals surface area (Å²) < 4.78 is 6.99. The van der Waals surface area contributed by atoms with Crippen molar-refractivity contribution in [2.24, 2.45) is 0 Å². The lowest BCUT2D eigenvalue weighted by molar-refractivity contribution is -0.150. The number of nitrogens with one attached hydrogen (secondary N) is 1. The Balaban J connectivity index is 2.32. The van der Waals surface area contributed by atoms with Crippen molar-refractivity contribution in [2.45, 2.75) is 45.2 Å². The van der Waals surface area contributed by atoms with Crippen molar-refractivity contribution in [3.63, 3.8) is 0 Å². The summed E-state index contributed by atoms with van der Waals surface area (Å²) in [6.45, 7) is 5.02. The fraction of sp³-hybridized carbons (Fsp3) is 0.692. The Bertz CT molecular complexity index is 351. The molecule has 0 spiro atoms. The number of unbranched alkanes of at least 4 members (excludes halogenated alkanes) is 1. The van der Waals surface area contributed by atoms with Crippen LogP contribution in [0.15, 0.2) is 18.5 Å². The zero-order chi connectivity index (χ0) is 13.4. The van der Waals surface area contributed by atoms with Gasteiger partial charge in [0.2, 0.25) is 0 Å². The highest BCUT2D eigenvalue weighted by Crippen LogP contribution is 2.15. The maximum atomic E-state index is 11.8. The number of nitrogens with zero attached hydrogens (tertiary/aromatic N) is 2. The monoisotopic (exact) mass is 253 g/mol. The van der Waals surface area contributed by atoms with Gasteiger partial charge in [-0.15, -0.1) is 0 Å². The van der Waals surface area contributed by atoms with Gasteiger partial charge in [-0.05, 0) is 46.2 Å². The molecule has 0 aliphatic carbocycles. The molecule has 1 unspecified atom stereocenters. The van der Waals surface area contributed by atoms with Gasteiger partial charge in [0.15, 0.2) is 0 Å². The van der Waals surface area contributed by atoms with Gasteiger partial charge in [0.25, 0.3) is 0 Å². The Labute approximate surface area is 109 Å². The zero-order valence-electron chi connectivity index (χ0n) is 11.5. The molecule has 1 atom stereocenters. The van der Waals surface area contributed by atoms with Crippen molar-refractivity contribution >= 4 is 5.97 Å². The Morgan fingerprint density at radius 2 is 2.28 bits per heavy atom. The Kier molecular flexibility index (Phi) is 5.85. The maximum absolute atomic E-state index is 11.8. The first-order valence-electron chi connectivity index (χ1n) is 6.46. The normalized spacial score (nSPS) is 14.2. The number of esters is 1. The van der Waals surface area contributed by atoms with Crippen molar-refractivity contribution in [3.05, 3.63) is 18.5 Å². The summed E-state index contributed by atoms with van der Waals surface area (Å²) in [5.74, 6) is -0.174. The summed E-state index contributed by atoms with van der Waals surface area (Å²) in [7, 11) is 1.80. The number of aryl methyl sites for hydroxylation is 1. The quantitative estimate of drug-likeness (QED) is 0.564. The van der Waals surface area contributed by atoms with Gasteiger partial charge in [-0.25, -0.2) is 0 Å². The van der Waals surface area contributed by atoms with E-state index in [0.29, 0.717) is 6.61 Å². The van der Waals surface area contributed by atoms with Crippen LogP contribution in [0.1, 0.15) is 33.1 Å². The first kappa shape index (κ1) is 14.7. The molecule has 1 aromatic rings. The average Bonchev–Trinajstić information content (AvgIpc) is 2.87. The fourth-order valence-corrected chi connectivity index (χ4v) is 1.80. The van der Waals surface area contributed by atoms with E-state index in [1.54, 1.807) is 13.2 Å².